The van der Waals surface area contributed by atoms with Gasteiger partial charge in [0.05, 0.1) is 5.02 Å². The number of aromatic nitrogens is 2. The summed E-state index contributed by atoms with van der Waals surface area (Å²) in [5.74, 6) is -0.415. The highest BCUT2D eigenvalue weighted by atomic mass is 35.5. The number of aromatic amines is 1. The standard InChI is InChI=1S/C8H4ClFN2OS/c9-6-3-4(10)1-2-5(6)7-11-12-8(13)14-7/h1-3H,(H,12,13). The molecule has 14 heavy (non-hydrogen) atoms. The van der Waals surface area contributed by atoms with E-state index in [0.717, 1.165) is 11.3 Å². The Morgan fingerprint density at radius 3 is 2.86 bits per heavy atom. The maximum Gasteiger partial charge on any atom is 0.322 e. The van der Waals surface area contributed by atoms with Gasteiger partial charge in [-0.05, 0) is 18.2 Å². The molecule has 0 spiro atoms. The molecule has 0 amide bonds. The molecule has 0 saturated carbocycles. The molecule has 0 atom stereocenters. The van der Waals surface area contributed by atoms with Gasteiger partial charge in [0, 0.05) is 5.56 Å². The molecule has 1 aromatic heterocycles. The number of benzene rings is 1. The van der Waals surface area contributed by atoms with Crippen LogP contribution in [0.5, 0.6) is 0 Å². The molecule has 0 radical (unpaired) electrons. The van der Waals surface area contributed by atoms with Gasteiger partial charge in [0.1, 0.15) is 10.8 Å². The summed E-state index contributed by atoms with van der Waals surface area (Å²) in [4.78, 5) is 10.6. The predicted molar refractivity (Wildman–Crippen MR) is 53.1 cm³/mol. The average Bonchev–Trinajstić information content (AvgIpc) is 2.51. The van der Waals surface area contributed by atoms with Crippen LogP contribution >= 0.6 is 22.9 Å². The van der Waals surface area contributed by atoms with E-state index in [9.17, 15) is 9.18 Å². The lowest BCUT2D eigenvalue weighted by atomic mass is 10.2. The number of nitrogens with one attached hydrogen (secondary N) is 1. The molecule has 0 unspecified atom stereocenters. The molecule has 2 rings (SSSR count). The highest BCUT2D eigenvalue weighted by Gasteiger charge is 2.08. The normalized spacial score (nSPS) is 10.4. The summed E-state index contributed by atoms with van der Waals surface area (Å²) >= 11 is 6.72. The molecule has 0 aliphatic rings. The molecule has 0 saturated heterocycles. The Morgan fingerprint density at radius 1 is 1.50 bits per heavy atom. The minimum Gasteiger partial charge on any atom is -0.255 e. The highest BCUT2D eigenvalue weighted by molar-refractivity contribution is 7.12. The second kappa shape index (κ2) is 3.51. The quantitative estimate of drug-likeness (QED) is 0.817. The minimum absolute atomic E-state index is 0.243. The van der Waals surface area contributed by atoms with E-state index in [1.165, 1.54) is 18.2 Å². The van der Waals surface area contributed by atoms with Gasteiger partial charge in [-0.2, -0.15) is 5.10 Å². The third kappa shape index (κ3) is 1.69. The summed E-state index contributed by atoms with van der Waals surface area (Å²) in [5, 5.41) is 6.72. The van der Waals surface area contributed by atoms with Gasteiger partial charge in [0.15, 0.2) is 0 Å². The van der Waals surface area contributed by atoms with Gasteiger partial charge in [-0.3, -0.25) is 4.79 Å². The number of rotatable bonds is 1. The van der Waals surface area contributed by atoms with E-state index in [0.29, 0.717) is 10.6 Å². The fourth-order valence-corrected chi connectivity index (χ4v) is 1.97. The van der Waals surface area contributed by atoms with E-state index >= 15 is 0 Å². The fraction of sp³-hybridized carbons (Fsp3) is 0. The number of H-pyrrole nitrogens is 1. The first-order chi connectivity index (χ1) is 6.66. The van der Waals surface area contributed by atoms with Gasteiger partial charge in [0.25, 0.3) is 0 Å². The second-order valence-corrected chi connectivity index (χ2v) is 3.91. The molecule has 1 aromatic carbocycles. The van der Waals surface area contributed by atoms with Crippen LogP contribution < -0.4 is 4.87 Å². The zero-order chi connectivity index (χ0) is 10.1. The molecule has 1 heterocycles. The van der Waals surface area contributed by atoms with Crippen molar-refractivity contribution in [3.8, 4) is 10.6 Å². The molecule has 3 nitrogen and oxygen atoms in total. The largest absolute Gasteiger partial charge is 0.322 e. The van der Waals surface area contributed by atoms with Crippen molar-refractivity contribution >= 4 is 22.9 Å². The molecule has 0 aliphatic heterocycles. The van der Waals surface area contributed by atoms with Gasteiger partial charge in [-0.1, -0.05) is 22.9 Å². The van der Waals surface area contributed by atoms with Crippen LogP contribution in [-0.4, -0.2) is 10.2 Å². The monoisotopic (exact) mass is 230 g/mol. The van der Waals surface area contributed by atoms with Crippen molar-refractivity contribution in [2.24, 2.45) is 0 Å². The Bertz CT molecular complexity index is 522. The van der Waals surface area contributed by atoms with Crippen molar-refractivity contribution in [2.45, 2.75) is 0 Å². The molecule has 6 heteroatoms. The zero-order valence-corrected chi connectivity index (χ0v) is 8.32. The first-order valence-corrected chi connectivity index (χ1v) is 4.87. The zero-order valence-electron chi connectivity index (χ0n) is 6.75. The predicted octanol–water partition coefficient (Wildman–Crippen LogP) is 2.29. The van der Waals surface area contributed by atoms with Crippen LogP contribution in [0.4, 0.5) is 4.39 Å². The number of hydrogen-bond acceptors (Lipinski definition) is 3. The Balaban J connectivity index is 2.57. The molecule has 2 aromatic rings. The lowest BCUT2D eigenvalue weighted by molar-refractivity contribution is 0.628. The first-order valence-electron chi connectivity index (χ1n) is 3.68. The third-order valence-corrected chi connectivity index (χ3v) is 2.69. The van der Waals surface area contributed by atoms with Crippen molar-refractivity contribution in [3.05, 3.63) is 38.7 Å². The van der Waals surface area contributed by atoms with E-state index < -0.39 is 5.82 Å². The molecular weight excluding hydrogens is 227 g/mol. The smallest absolute Gasteiger partial charge is 0.255 e. The Hall–Kier alpha value is -1.20. The van der Waals surface area contributed by atoms with E-state index in [1.54, 1.807) is 0 Å². The van der Waals surface area contributed by atoms with Crippen molar-refractivity contribution in [2.75, 3.05) is 0 Å². The average molecular weight is 231 g/mol. The van der Waals surface area contributed by atoms with Gasteiger partial charge >= 0.3 is 4.87 Å². The van der Waals surface area contributed by atoms with Crippen molar-refractivity contribution in [3.63, 3.8) is 0 Å². The maximum absolute atomic E-state index is 12.7. The Kier molecular flexibility index (Phi) is 2.35. The van der Waals surface area contributed by atoms with Crippen LogP contribution in [0.2, 0.25) is 5.02 Å². The summed E-state index contributed by atoms with van der Waals surface area (Å²) < 4.78 is 12.7. The molecule has 1 N–H and O–H groups in total. The van der Waals surface area contributed by atoms with Crippen LogP contribution in [0.25, 0.3) is 10.6 Å². The summed E-state index contributed by atoms with van der Waals surface area (Å²) in [6.45, 7) is 0. The minimum atomic E-state index is -0.415. The summed E-state index contributed by atoms with van der Waals surface area (Å²) in [6.07, 6.45) is 0. The van der Waals surface area contributed by atoms with Gasteiger partial charge in [-0.15, -0.1) is 0 Å². The summed E-state index contributed by atoms with van der Waals surface area (Å²) in [7, 11) is 0. The van der Waals surface area contributed by atoms with Crippen LogP contribution in [0.15, 0.2) is 23.0 Å². The topological polar surface area (TPSA) is 45.8 Å². The van der Waals surface area contributed by atoms with Gasteiger partial charge in [0.2, 0.25) is 0 Å². The molecular formula is C8H4ClFN2OS. The number of halogens is 2. The number of hydrogen-bond donors (Lipinski definition) is 1. The lowest BCUT2D eigenvalue weighted by Gasteiger charge is -1.98. The molecule has 0 aliphatic carbocycles. The highest BCUT2D eigenvalue weighted by Crippen LogP contribution is 2.27. The van der Waals surface area contributed by atoms with Crippen LogP contribution in [0, 0.1) is 5.82 Å². The van der Waals surface area contributed by atoms with E-state index in [2.05, 4.69) is 10.2 Å². The molecule has 0 fully saturated rings. The summed E-state index contributed by atoms with van der Waals surface area (Å²) in [5.41, 5.74) is 0.552. The first kappa shape index (κ1) is 9.36. The summed E-state index contributed by atoms with van der Waals surface area (Å²) in [6, 6.07) is 3.94. The van der Waals surface area contributed by atoms with E-state index in [4.69, 9.17) is 11.6 Å². The van der Waals surface area contributed by atoms with Gasteiger partial charge < -0.3 is 0 Å². The Morgan fingerprint density at radius 2 is 2.29 bits per heavy atom. The van der Waals surface area contributed by atoms with Crippen molar-refractivity contribution < 1.29 is 4.39 Å². The Labute approximate surface area is 87.2 Å². The second-order valence-electron chi connectivity index (χ2n) is 2.54. The van der Waals surface area contributed by atoms with Crippen LogP contribution in [0.1, 0.15) is 0 Å². The van der Waals surface area contributed by atoms with Crippen molar-refractivity contribution in [1.29, 1.82) is 0 Å². The lowest BCUT2D eigenvalue weighted by Crippen LogP contribution is -1.90. The van der Waals surface area contributed by atoms with Crippen LogP contribution in [-0.2, 0) is 0 Å². The SMILES string of the molecule is O=c1[nH]nc(-c2ccc(F)cc2Cl)s1. The fourth-order valence-electron chi connectivity index (χ4n) is 1.01. The third-order valence-electron chi connectivity index (χ3n) is 1.60. The van der Waals surface area contributed by atoms with E-state index in [1.807, 2.05) is 0 Å². The van der Waals surface area contributed by atoms with Crippen LogP contribution in [0.3, 0.4) is 0 Å². The van der Waals surface area contributed by atoms with E-state index in [-0.39, 0.29) is 9.90 Å². The van der Waals surface area contributed by atoms with Gasteiger partial charge in [-0.25, -0.2) is 9.49 Å². The molecule has 0 bridgehead atoms. The number of nitrogens with zero attached hydrogens (tertiary/aromatic N) is 1. The molecule has 72 valence electrons. The van der Waals surface area contributed by atoms with Crippen molar-refractivity contribution in [1.82, 2.24) is 10.2 Å². The maximum atomic E-state index is 12.7.